The maximum absolute atomic E-state index is 8.84. The van der Waals surface area contributed by atoms with E-state index in [4.69, 9.17) is 20.4 Å². The van der Waals surface area contributed by atoms with Crippen molar-refractivity contribution >= 4 is 0 Å². The van der Waals surface area contributed by atoms with Gasteiger partial charge in [0.2, 0.25) is 0 Å². The highest BCUT2D eigenvalue weighted by Crippen LogP contribution is 1.95. The molecule has 6 heteroatoms. The molecule has 0 aliphatic heterocycles. The molecule has 120 valence electrons. The Kier molecular flexibility index (Phi) is 22.3. The Morgan fingerprint density at radius 2 is 0.737 bits per heavy atom. The molecule has 0 bridgehead atoms. The minimum atomic E-state index is 0. The summed E-state index contributed by atoms with van der Waals surface area (Å²) in [6.45, 7) is 4.26. The summed E-state index contributed by atoms with van der Waals surface area (Å²) in [5, 5.41) is 35.4. The normalized spacial score (nSPS) is 10.4. The average Bonchev–Trinajstić information content (AvgIpc) is 2.30. The Bertz CT molecular complexity index is 134. The summed E-state index contributed by atoms with van der Waals surface area (Å²) in [4.78, 5) is 3.99. The fourth-order valence-electron chi connectivity index (χ4n) is 1.75. The molecule has 0 aromatic carbocycles. The molecule has 0 aliphatic carbocycles. The maximum Gasteiger partial charge on any atom is 0.0558 e. The predicted octanol–water partition coefficient (Wildman–Crippen LogP) is -0.778. The van der Waals surface area contributed by atoms with E-state index in [2.05, 4.69) is 0 Å². The van der Waals surface area contributed by atoms with Gasteiger partial charge in [0.15, 0.2) is 0 Å². The lowest BCUT2D eigenvalue weighted by atomic mass is 10.3. The summed E-state index contributed by atoms with van der Waals surface area (Å²) in [5.41, 5.74) is 0. The van der Waals surface area contributed by atoms with Crippen LogP contribution in [0.25, 0.3) is 0 Å². The zero-order valence-electron chi connectivity index (χ0n) is 10.5. The Hall–Kier alpha value is -0.240. The van der Waals surface area contributed by atoms with Crippen LogP contribution in [0, 0.1) is 0 Å². The molecule has 0 unspecified atom stereocenters. The van der Waals surface area contributed by atoms with Gasteiger partial charge in [0.1, 0.15) is 0 Å². The fraction of sp³-hybridized carbons (Fsp3) is 1.00. The second-order valence-corrected chi connectivity index (χ2v) is 3.93. The molecule has 19 heavy (non-hydrogen) atoms. The molecule has 0 spiro atoms. The molecule has 0 aromatic rings. The summed E-state index contributed by atoms with van der Waals surface area (Å²) in [5.74, 6) is 0. The molecule has 0 radical (unpaired) electrons. The lowest BCUT2D eigenvalue weighted by Crippen LogP contribution is -2.35. The quantitative estimate of drug-likeness (QED) is 0.376. The fourth-order valence-corrected chi connectivity index (χ4v) is 1.75. The van der Waals surface area contributed by atoms with Crippen LogP contribution >= 0.6 is 0 Å². The van der Waals surface area contributed by atoms with E-state index in [1.54, 1.807) is 0 Å². The largest absolute Gasteiger partial charge is 0.395 e. The molecule has 0 fully saturated rings. The Morgan fingerprint density at radius 1 is 0.474 bits per heavy atom. The van der Waals surface area contributed by atoms with Crippen LogP contribution in [-0.4, -0.2) is 95.9 Å². The Balaban J connectivity index is -0.00000128. The van der Waals surface area contributed by atoms with E-state index in [1.807, 2.05) is 9.80 Å². The molecule has 0 amide bonds. The van der Waals surface area contributed by atoms with Crippen molar-refractivity contribution in [1.82, 2.24) is 9.80 Å². The van der Waals surface area contributed by atoms with Gasteiger partial charge in [-0.15, -0.1) is 0 Å². The van der Waals surface area contributed by atoms with Gasteiger partial charge in [0, 0.05) is 26.2 Å². The van der Waals surface area contributed by atoms with E-state index < -0.39 is 0 Å². The third-order valence-corrected chi connectivity index (χ3v) is 2.61. The first-order valence-electron chi connectivity index (χ1n) is 6.16. The number of aliphatic hydroxyl groups is 4. The molecular formula is C13H34N2O4. The third-order valence-electron chi connectivity index (χ3n) is 2.61. The van der Waals surface area contributed by atoms with Gasteiger partial charge in [-0.25, -0.2) is 0 Å². The van der Waals surface area contributed by atoms with Crippen LogP contribution in [0.3, 0.4) is 0 Å². The van der Waals surface area contributed by atoms with Crippen molar-refractivity contribution in [3.05, 3.63) is 0 Å². The zero-order valence-corrected chi connectivity index (χ0v) is 10.5. The van der Waals surface area contributed by atoms with Gasteiger partial charge in [0.25, 0.3) is 0 Å². The molecule has 0 atom stereocenters. The molecule has 0 rings (SSSR count). The lowest BCUT2D eigenvalue weighted by Gasteiger charge is -2.24. The summed E-state index contributed by atoms with van der Waals surface area (Å²) in [6, 6.07) is 0. The van der Waals surface area contributed by atoms with E-state index in [9.17, 15) is 0 Å². The highest BCUT2D eigenvalue weighted by Gasteiger charge is 2.06. The number of hydrogen-bond donors (Lipinski definition) is 4. The van der Waals surface area contributed by atoms with Crippen molar-refractivity contribution in [2.45, 2.75) is 21.3 Å². The number of hydrogen-bond acceptors (Lipinski definition) is 6. The van der Waals surface area contributed by atoms with Crippen LogP contribution in [-0.2, 0) is 0 Å². The van der Waals surface area contributed by atoms with Crippen molar-refractivity contribution in [3.63, 3.8) is 0 Å². The highest BCUT2D eigenvalue weighted by molar-refractivity contribution is 4.61. The van der Waals surface area contributed by atoms with Gasteiger partial charge in [-0.05, 0) is 19.5 Å². The highest BCUT2D eigenvalue weighted by atomic mass is 16.3. The summed E-state index contributed by atoms with van der Waals surface area (Å²) in [7, 11) is 0. The summed E-state index contributed by atoms with van der Waals surface area (Å²) >= 11 is 0. The SMILES string of the molecule is C.C.OCCN(CCO)CCCN(CCO)CCO. The van der Waals surface area contributed by atoms with Gasteiger partial charge >= 0.3 is 0 Å². The second kappa shape index (κ2) is 17.8. The Labute approximate surface area is 118 Å². The average molecular weight is 282 g/mol. The van der Waals surface area contributed by atoms with E-state index in [0.29, 0.717) is 26.2 Å². The number of nitrogens with zero attached hydrogens (tertiary/aromatic N) is 2. The van der Waals surface area contributed by atoms with E-state index in [1.165, 1.54) is 0 Å². The predicted molar refractivity (Wildman–Crippen MR) is 79.3 cm³/mol. The van der Waals surface area contributed by atoms with Gasteiger partial charge in [0.05, 0.1) is 26.4 Å². The van der Waals surface area contributed by atoms with Crippen molar-refractivity contribution in [3.8, 4) is 0 Å². The van der Waals surface area contributed by atoms with Crippen molar-refractivity contribution in [2.75, 3.05) is 65.7 Å². The molecule has 0 saturated heterocycles. The van der Waals surface area contributed by atoms with Crippen LogP contribution in [0.5, 0.6) is 0 Å². The smallest absolute Gasteiger partial charge is 0.0558 e. The van der Waals surface area contributed by atoms with Crippen molar-refractivity contribution in [1.29, 1.82) is 0 Å². The van der Waals surface area contributed by atoms with Crippen LogP contribution in [0.2, 0.25) is 0 Å². The van der Waals surface area contributed by atoms with Crippen molar-refractivity contribution in [2.24, 2.45) is 0 Å². The molecule has 0 aliphatic rings. The monoisotopic (exact) mass is 282 g/mol. The topological polar surface area (TPSA) is 87.4 Å². The van der Waals surface area contributed by atoms with E-state index in [0.717, 1.165) is 19.5 Å². The second-order valence-electron chi connectivity index (χ2n) is 3.93. The van der Waals surface area contributed by atoms with Gasteiger partial charge < -0.3 is 20.4 Å². The van der Waals surface area contributed by atoms with Gasteiger partial charge in [-0.2, -0.15) is 0 Å². The molecular weight excluding hydrogens is 248 g/mol. The standard InChI is InChI=1S/C11H26N2O4.2CH4/c14-8-4-12(5-9-15)2-1-3-13(6-10-16)7-11-17;;/h14-17H,1-11H2;2*1H4. The summed E-state index contributed by atoms with van der Waals surface area (Å²) in [6.07, 6.45) is 0.889. The van der Waals surface area contributed by atoms with Gasteiger partial charge in [-0.1, -0.05) is 14.9 Å². The molecule has 0 aromatic heterocycles. The molecule has 6 nitrogen and oxygen atoms in total. The van der Waals surface area contributed by atoms with Crippen LogP contribution < -0.4 is 0 Å². The van der Waals surface area contributed by atoms with Crippen LogP contribution in [0.4, 0.5) is 0 Å². The number of aliphatic hydroxyl groups excluding tert-OH is 4. The summed E-state index contributed by atoms with van der Waals surface area (Å²) < 4.78 is 0. The lowest BCUT2D eigenvalue weighted by molar-refractivity contribution is 0.137. The minimum Gasteiger partial charge on any atom is -0.395 e. The number of rotatable bonds is 12. The molecule has 4 N–H and O–H groups in total. The van der Waals surface area contributed by atoms with E-state index >= 15 is 0 Å². The first-order chi connectivity index (χ1) is 8.28. The minimum absolute atomic E-state index is 0. The van der Waals surface area contributed by atoms with Crippen molar-refractivity contribution < 1.29 is 20.4 Å². The molecule has 0 heterocycles. The van der Waals surface area contributed by atoms with E-state index in [-0.39, 0.29) is 41.3 Å². The Morgan fingerprint density at radius 3 is 0.947 bits per heavy atom. The zero-order chi connectivity index (χ0) is 12.9. The first kappa shape index (κ1) is 23.8. The van der Waals surface area contributed by atoms with Crippen LogP contribution in [0.15, 0.2) is 0 Å². The first-order valence-corrected chi connectivity index (χ1v) is 6.16. The van der Waals surface area contributed by atoms with Crippen LogP contribution in [0.1, 0.15) is 21.3 Å². The maximum atomic E-state index is 8.84. The third kappa shape index (κ3) is 14.0. The molecule has 0 saturated carbocycles. The van der Waals surface area contributed by atoms with Gasteiger partial charge in [-0.3, -0.25) is 9.80 Å².